The van der Waals surface area contributed by atoms with E-state index in [1.165, 1.54) is 17.2 Å². The van der Waals surface area contributed by atoms with E-state index >= 15 is 0 Å². The maximum atomic E-state index is 13.6. The van der Waals surface area contributed by atoms with Crippen LogP contribution in [0.2, 0.25) is 0 Å². The Kier molecular flexibility index (Phi) is 6.00. The molecule has 0 radical (unpaired) electrons. The first-order valence-electron chi connectivity index (χ1n) is 5.32. The lowest BCUT2D eigenvalue weighted by molar-refractivity contribution is -0.119. The van der Waals surface area contributed by atoms with Crippen LogP contribution in [-0.2, 0) is 9.53 Å². The average molecular weight is 320 g/mol. The number of anilines is 1. The van der Waals surface area contributed by atoms with Gasteiger partial charge in [-0.15, -0.1) is 0 Å². The van der Waals surface area contributed by atoms with Gasteiger partial charge in [-0.1, -0.05) is 0 Å². The number of ether oxygens (including phenoxy) is 1. The molecular weight excluding hydrogens is 305 g/mol. The number of nitrogens with one attached hydrogen (secondary N) is 1. The molecule has 0 bridgehead atoms. The lowest BCUT2D eigenvalue weighted by Crippen LogP contribution is -2.37. The molecule has 0 spiro atoms. The fourth-order valence-corrected chi connectivity index (χ4v) is 1.63. The smallest absolute Gasteiger partial charge is 0.239 e. The number of hydrogen-bond donors (Lipinski definition) is 1. The first-order valence-corrected chi connectivity index (χ1v) is 6.11. The summed E-state index contributed by atoms with van der Waals surface area (Å²) in [7, 11) is 3.16. The second-order valence-corrected chi connectivity index (χ2v) is 4.57. The van der Waals surface area contributed by atoms with Crippen LogP contribution in [-0.4, -0.2) is 44.7 Å². The van der Waals surface area contributed by atoms with Gasteiger partial charge in [0.15, 0.2) is 11.6 Å². The standard InChI is InChI=1S/C11H15BrFN3O2/c1-16(7-10(17)14-3-4-18-2)11-9(13)5-8(12)6-15-11/h5-6H,3-4,7H2,1-2H3,(H,14,17). The van der Waals surface area contributed by atoms with Crippen LogP contribution in [0.3, 0.4) is 0 Å². The molecule has 0 saturated carbocycles. The summed E-state index contributed by atoms with van der Waals surface area (Å²) >= 11 is 3.12. The number of aromatic nitrogens is 1. The van der Waals surface area contributed by atoms with Crippen molar-refractivity contribution in [2.45, 2.75) is 0 Å². The Labute approximate surface area is 113 Å². The maximum Gasteiger partial charge on any atom is 0.239 e. The van der Waals surface area contributed by atoms with Crippen molar-refractivity contribution in [3.05, 3.63) is 22.6 Å². The quantitative estimate of drug-likeness (QED) is 0.800. The predicted octanol–water partition coefficient (Wildman–Crippen LogP) is 1.18. The average Bonchev–Trinajstić information content (AvgIpc) is 2.28. The lowest BCUT2D eigenvalue weighted by atomic mass is 10.4. The van der Waals surface area contributed by atoms with Gasteiger partial charge in [0.2, 0.25) is 5.91 Å². The molecule has 7 heteroatoms. The van der Waals surface area contributed by atoms with E-state index in [0.29, 0.717) is 17.6 Å². The second-order valence-electron chi connectivity index (χ2n) is 3.66. The van der Waals surface area contributed by atoms with Gasteiger partial charge >= 0.3 is 0 Å². The molecule has 1 amide bonds. The van der Waals surface area contributed by atoms with Crippen LogP contribution in [0.25, 0.3) is 0 Å². The van der Waals surface area contributed by atoms with Crippen LogP contribution < -0.4 is 10.2 Å². The minimum absolute atomic E-state index is 0.0370. The zero-order valence-electron chi connectivity index (χ0n) is 10.2. The fourth-order valence-electron chi connectivity index (χ4n) is 1.33. The van der Waals surface area contributed by atoms with Crippen LogP contribution in [0.5, 0.6) is 0 Å². The molecule has 1 N–H and O–H groups in total. The molecule has 0 aromatic carbocycles. The number of carbonyl (C=O) groups excluding carboxylic acids is 1. The van der Waals surface area contributed by atoms with Gasteiger partial charge in [-0.2, -0.15) is 0 Å². The van der Waals surface area contributed by atoms with Crippen molar-refractivity contribution < 1.29 is 13.9 Å². The molecule has 1 heterocycles. The van der Waals surface area contributed by atoms with Gasteiger partial charge < -0.3 is 15.0 Å². The summed E-state index contributed by atoms with van der Waals surface area (Å²) in [6.07, 6.45) is 1.48. The van der Waals surface area contributed by atoms with Crippen LogP contribution in [0, 0.1) is 5.82 Å². The highest BCUT2D eigenvalue weighted by Crippen LogP contribution is 2.18. The molecule has 0 aliphatic rings. The highest BCUT2D eigenvalue weighted by atomic mass is 79.9. The van der Waals surface area contributed by atoms with E-state index in [2.05, 4.69) is 26.2 Å². The van der Waals surface area contributed by atoms with Gasteiger partial charge in [-0.25, -0.2) is 9.37 Å². The first-order chi connectivity index (χ1) is 8.54. The number of rotatable bonds is 6. The number of likely N-dealkylation sites (N-methyl/N-ethyl adjacent to an activating group) is 1. The van der Waals surface area contributed by atoms with Crippen molar-refractivity contribution in [2.75, 3.05) is 38.8 Å². The molecule has 1 rings (SSSR count). The Bertz CT molecular complexity index is 417. The van der Waals surface area contributed by atoms with Gasteiger partial charge in [-0.05, 0) is 22.0 Å². The first kappa shape index (κ1) is 14.8. The van der Waals surface area contributed by atoms with Crippen molar-refractivity contribution >= 4 is 27.7 Å². The van der Waals surface area contributed by atoms with Crippen LogP contribution in [0.15, 0.2) is 16.7 Å². The maximum absolute atomic E-state index is 13.6. The number of halogens is 2. The van der Waals surface area contributed by atoms with Crippen molar-refractivity contribution in [3.63, 3.8) is 0 Å². The normalized spacial score (nSPS) is 10.2. The molecular formula is C11H15BrFN3O2. The predicted molar refractivity (Wildman–Crippen MR) is 70.1 cm³/mol. The number of amides is 1. The summed E-state index contributed by atoms with van der Waals surface area (Å²) in [4.78, 5) is 16.9. The van der Waals surface area contributed by atoms with E-state index in [1.807, 2.05) is 0 Å². The van der Waals surface area contributed by atoms with Crippen LogP contribution in [0.4, 0.5) is 10.2 Å². The van der Waals surface area contributed by atoms with Crippen molar-refractivity contribution in [3.8, 4) is 0 Å². The molecule has 100 valence electrons. The van der Waals surface area contributed by atoms with E-state index in [1.54, 1.807) is 14.2 Å². The minimum Gasteiger partial charge on any atom is -0.383 e. The summed E-state index contributed by atoms with van der Waals surface area (Å²) in [6, 6.07) is 1.31. The molecule has 1 aromatic heterocycles. The van der Waals surface area contributed by atoms with E-state index in [0.717, 1.165) is 0 Å². The van der Waals surface area contributed by atoms with E-state index in [9.17, 15) is 9.18 Å². The molecule has 0 fully saturated rings. The summed E-state index contributed by atoms with van der Waals surface area (Å²) in [5, 5.41) is 2.65. The van der Waals surface area contributed by atoms with Gasteiger partial charge in [0.25, 0.3) is 0 Å². The van der Waals surface area contributed by atoms with Crippen molar-refractivity contribution in [1.82, 2.24) is 10.3 Å². The monoisotopic (exact) mass is 319 g/mol. The topological polar surface area (TPSA) is 54.5 Å². The van der Waals surface area contributed by atoms with Crippen LogP contribution in [0.1, 0.15) is 0 Å². The Hall–Kier alpha value is -1.21. The third-order valence-electron chi connectivity index (χ3n) is 2.16. The highest BCUT2D eigenvalue weighted by molar-refractivity contribution is 9.10. The third-order valence-corrected chi connectivity index (χ3v) is 2.59. The molecule has 0 aliphatic heterocycles. The summed E-state index contributed by atoms with van der Waals surface area (Å²) in [5.41, 5.74) is 0. The summed E-state index contributed by atoms with van der Waals surface area (Å²) < 4.78 is 18.9. The zero-order valence-corrected chi connectivity index (χ0v) is 11.8. The van der Waals surface area contributed by atoms with Crippen molar-refractivity contribution in [2.24, 2.45) is 0 Å². The lowest BCUT2D eigenvalue weighted by Gasteiger charge is -2.18. The fraction of sp³-hybridized carbons (Fsp3) is 0.455. The molecule has 0 saturated heterocycles. The van der Waals surface area contributed by atoms with Gasteiger partial charge in [-0.3, -0.25) is 4.79 Å². The van der Waals surface area contributed by atoms with Crippen LogP contribution >= 0.6 is 15.9 Å². The Morgan fingerprint density at radius 1 is 1.67 bits per heavy atom. The molecule has 5 nitrogen and oxygen atoms in total. The van der Waals surface area contributed by atoms with Gasteiger partial charge in [0, 0.05) is 31.4 Å². The Morgan fingerprint density at radius 3 is 3.00 bits per heavy atom. The second kappa shape index (κ2) is 7.27. The Morgan fingerprint density at radius 2 is 2.39 bits per heavy atom. The number of nitrogens with zero attached hydrogens (tertiary/aromatic N) is 2. The number of methoxy groups -OCH3 is 1. The number of carbonyl (C=O) groups is 1. The van der Waals surface area contributed by atoms with E-state index < -0.39 is 5.82 Å². The molecule has 0 aliphatic carbocycles. The number of pyridine rings is 1. The van der Waals surface area contributed by atoms with E-state index in [4.69, 9.17) is 4.74 Å². The largest absolute Gasteiger partial charge is 0.383 e. The number of hydrogen-bond acceptors (Lipinski definition) is 4. The summed E-state index contributed by atoms with van der Waals surface area (Å²) in [6.45, 7) is 0.912. The Balaban J connectivity index is 2.54. The molecule has 0 unspecified atom stereocenters. The van der Waals surface area contributed by atoms with E-state index in [-0.39, 0.29) is 18.3 Å². The highest BCUT2D eigenvalue weighted by Gasteiger charge is 2.12. The molecule has 0 atom stereocenters. The minimum atomic E-state index is -0.475. The zero-order chi connectivity index (χ0) is 13.5. The molecule has 1 aromatic rings. The molecule has 18 heavy (non-hydrogen) atoms. The summed E-state index contributed by atoms with van der Waals surface area (Å²) in [5.74, 6) is -0.546. The third kappa shape index (κ3) is 4.58. The SMILES string of the molecule is COCCNC(=O)CN(C)c1ncc(Br)cc1F. The van der Waals surface area contributed by atoms with Gasteiger partial charge in [0.05, 0.1) is 13.2 Å². The van der Waals surface area contributed by atoms with Crippen molar-refractivity contribution in [1.29, 1.82) is 0 Å². The van der Waals surface area contributed by atoms with Gasteiger partial charge in [0.1, 0.15) is 0 Å².